The lowest BCUT2D eigenvalue weighted by Crippen LogP contribution is -2.10. The van der Waals surface area contributed by atoms with Crippen LogP contribution in [0.2, 0.25) is 0 Å². The molecule has 0 radical (unpaired) electrons. The van der Waals surface area contributed by atoms with E-state index in [1.807, 2.05) is 43.3 Å². The number of halogens is 3. The van der Waals surface area contributed by atoms with Gasteiger partial charge >= 0.3 is 6.18 Å². The van der Waals surface area contributed by atoms with Crippen molar-refractivity contribution >= 4 is 23.5 Å². The monoisotopic (exact) mass is 314 g/mol. The van der Waals surface area contributed by atoms with E-state index in [1.54, 1.807) is 23.9 Å². The first-order valence-electron chi connectivity index (χ1n) is 5.96. The van der Waals surface area contributed by atoms with Crippen LogP contribution in [0.4, 0.5) is 13.2 Å². The molecule has 0 amide bonds. The van der Waals surface area contributed by atoms with Gasteiger partial charge in [0.2, 0.25) is 0 Å². The molecule has 0 unspecified atom stereocenters. The normalized spacial score (nSPS) is 11.6. The van der Waals surface area contributed by atoms with Gasteiger partial charge in [0.1, 0.15) is 0 Å². The highest BCUT2D eigenvalue weighted by molar-refractivity contribution is 7.99. The fourth-order valence-corrected chi connectivity index (χ4v) is 2.99. The Balaban J connectivity index is 1.96. The Morgan fingerprint density at radius 2 is 1.25 bits per heavy atom. The lowest BCUT2D eigenvalue weighted by molar-refractivity contribution is -0.105. The van der Waals surface area contributed by atoms with E-state index in [0.29, 0.717) is 4.90 Å². The predicted octanol–water partition coefficient (Wildman–Crippen LogP) is 5.80. The van der Waals surface area contributed by atoms with E-state index in [9.17, 15) is 13.2 Å². The van der Waals surface area contributed by atoms with Crippen LogP contribution in [0, 0.1) is 6.92 Å². The van der Waals surface area contributed by atoms with Crippen LogP contribution in [-0.2, 0) is 0 Å². The average Bonchev–Trinajstić information content (AvgIpc) is 2.40. The molecule has 5 heteroatoms. The summed E-state index contributed by atoms with van der Waals surface area (Å²) >= 11 is 2.41. The summed E-state index contributed by atoms with van der Waals surface area (Å²) in [5, 5.41) is 0. The maximum atomic E-state index is 12.1. The molecule has 0 heterocycles. The minimum atomic E-state index is -4.13. The maximum absolute atomic E-state index is 12.1. The molecule has 0 bridgehead atoms. The molecule has 0 nitrogen and oxygen atoms in total. The molecular formula is C15H13F3S2. The molecule has 0 aliphatic carbocycles. The molecule has 0 fully saturated rings. The second-order valence-electron chi connectivity index (χ2n) is 4.29. The van der Waals surface area contributed by atoms with Gasteiger partial charge in [-0.3, -0.25) is 0 Å². The molecule has 20 heavy (non-hydrogen) atoms. The van der Waals surface area contributed by atoms with Crippen LogP contribution in [0.5, 0.6) is 0 Å². The minimum Gasteiger partial charge on any atom is -0.170 e. The lowest BCUT2D eigenvalue weighted by atomic mass is 10.2. The zero-order chi connectivity index (χ0) is 14.6. The largest absolute Gasteiger partial charge is 0.398 e. The fourth-order valence-electron chi connectivity index (χ4n) is 1.51. The molecule has 0 saturated heterocycles. The van der Waals surface area contributed by atoms with E-state index >= 15 is 0 Å². The summed E-state index contributed by atoms with van der Waals surface area (Å²) in [6, 6.07) is 15.3. The van der Waals surface area contributed by atoms with Crippen molar-refractivity contribution < 1.29 is 13.2 Å². The number of aryl methyl sites for hydroxylation is 1. The second kappa shape index (κ2) is 6.59. The van der Waals surface area contributed by atoms with E-state index in [2.05, 4.69) is 0 Å². The second-order valence-corrected chi connectivity index (χ2v) is 6.49. The van der Waals surface area contributed by atoms with Crippen molar-refractivity contribution in [3.63, 3.8) is 0 Å². The summed E-state index contributed by atoms with van der Waals surface area (Å²) in [5.41, 5.74) is 1.20. The summed E-state index contributed by atoms with van der Waals surface area (Å²) in [5.74, 6) is -0.850. The Bertz CT molecular complexity index is 545. The van der Waals surface area contributed by atoms with Gasteiger partial charge in [0.15, 0.2) is 0 Å². The van der Waals surface area contributed by atoms with Crippen molar-refractivity contribution in [1.29, 1.82) is 0 Å². The molecule has 2 rings (SSSR count). The van der Waals surface area contributed by atoms with Gasteiger partial charge < -0.3 is 0 Å². The van der Waals surface area contributed by atoms with Gasteiger partial charge in [-0.05, 0) is 43.3 Å². The van der Waals surface area contributed by atoms with Gasteiger partial charge in [-0.25, -0.2) is 0 Å². The molecule has 0 saturated carbocycles. The first kappa shape index (κ1) is 15.3. The fraction of sp³-hybridized carbons (Fsp3) is 0.200. The van der Waals surface area contributed by atoms with Gasteiger partial charge in [-0.1, -0.05) is 29.5 Å². The minimum absolute atomic E-state index is 0.635. The Kier molecular flexibility index (Phi) is 5.05. The molecule has 2 aromatic rings. The van der Waals surface area contributed by atoms with Crippen LogP contribution in [-0.4, -0.2) is 11.9 Å². The van der Waals surface area contributed by atoms with Gasteiger partial charge in [-0.2, -0.15) is 13.2 Å². The molecular weight excluding hydrogens is 301 g/mol. The van der Waals surface area contributed by atoms with E-state index in [0.717, 1.165) is 21.6 Å². The highest BCUT2D eigenvalue weighted by atomic mass is 32.2. The summed E-state index contributed by atoms with van der Waals surface area (Å²) < 4.78 is 36.3. The first-order chi connectivity index (χ1) is 9.42. The quantitative estimate of drug-likeness (QED) is 0.654. The number of hydrogen-bond donors (Lipinski definition) is 0. The van der Waals surface area contributed by atoms with Crippen LogP contribution in [0.3, 0.4) is 0 Å². The van der Waals surface area contributed by atoms with Gasteiger partial charge in [-0.15, -0.1) is 11.8 Å². The van der Waals surface area contributed by atoms with Gasteiger partial charge in [0.25, 0.3) is 0 Å². The molecule has 0 aromatic heterocycles. The van der Waals surface area contributed by atoms with Crippen LogP contribution in [0.15, 0.2) is 63.2 Å². The van der Waals surface area contributed by atoms with Crippen molar-refractivity contribution in [2.75, 3.05) is 5.75 Å². The molecule has 106 valence electrons. The Hall–Kier alpha value is -1.07. The Morgan fingerprint density at radius 1 is 0.800 bits per heavy atom. The number of thioether (sulfide) groups is 1. The van der Waals surface area contributed by atoms with E-state index in [-0.39, 0.29) is 0 Å². The van der Waals surface area contributed by atoms with Crippen LogP contribution in [0.1, 0.15) is 5.56 Å². The van der Waals surface area contributed by atoms with E-state index < -0.39 is 11.9 Å². The highest BCUT2D eigenvalue weighted by Gasteiger charge is 2.27. The van der Waals surface area contributed by atoms with Crippen LogP contribution < -0.4 is 0 Å². The summed E-state index contributed by atoms with van der Waals surface area (Å²) in [4.78, 5) is 2.77. The molecule has 0 atom stereocenters. The number of benzene rings is 2. The third-order valence-corrected chi connectivity index (χ3v) is 4.58. The topological polar surface area (TPSA) is 0 Å². The number of rotatable bonds is 4. The first-order valence-corrected chi connectivity index (χ1v) is 7.77. The van der Waals surface area contributed by atoms with Crippen LogP contribution >= 0.6 is 23.5 Å². The van der Waals surface area contributed by atoms with E-state index in [1.165, 1.54) is 5.56 Å². The number of alkyl halides is 3. The smallest absolute Gasteiger partial charge is 0.170 e. The highest BCUT2D eigenvalue weighted by Crippen LogP contribution is 2.31. The maximum Gasteiger partial charge on any atom is 0.398 e. The molecule has 0 aliphatic rings. The van der Waals surface area contributed by atoms with Crippen LogP contribution in [0.25, 0.3) is 0 Å². The molecule has 0 N–H and O–H groups in total. The molecule has 0 spiro atoms. The van der Waals surface area contributed by atoms with Crippen molar-refractivity contribution in [2.45, 2.75) is 27.8 Å². The summed E-state index contributed by atoms with van der Waals surface area (Å²) in [7, 11) is 0. The standard InChI is InChI=1S/C15H13F3S2/c1-11-2-4-13(5-3-11)20-14-8-6-12(7-9-14)19-10-15(16,17)18/h2-9H,10H2,1H3. The van der Waals surface area contributed by atoms with E-state index in [4.69, 9.17) is 0 Å². The predicted molar refractivity (Wildman–Crippen MR) is 78.5 cm³/mol. The van der Waals surface area contributed by atoms with Gasteiger partial charge in [0.05, 0.1) is 5.75 Å². The Labute approximate surface area is 124 Å². The summed E-state index contributed by atoms with van der Waals surface area (Å²) in [6.07, 6.45) is -4.13. The SMILES string of the molecule is Cc1ccc(Sc2ccc(SCC(F)(F)F)cc2)cc1. The van der Waals surface area contributed by atoms with Crippen molar-refractivity contribution in [2.24, 2.45) is 0 Å². The van der Waals surface area contributed by atoms with Crippen molar-refractivity contribution in [3.8, 4) is 0 Å². The van der Waals surface area contributed by atoms with Crippen molar-refractivity contribution in [1.82, 2.24) is 0 Å². The lowest BCUT2D eigenvalue weighted by Gasteiger charge is -2.07. The molecule has 2 aromatic carbocycles. The third-order valence-electron chi connectivity index (χ3n) is 2.48. The zero-order valence-corrected chi connectivity index (χ0v) is 12.4. The third kappa shape index (κ3) is 5.13. The van der Waals surface area contributed by atoms with Crippen molar-refractivity contribution in [3.05, 3.63) is 54.1 Å². The summed E-state index contributed by atoms with van der Waals surface area (Å²) in [6.45, 7) is 2.03. The van der Waals surface area contributed by atoms with Gasteiger partial charge in [0, 0.05) is 14.7 Å². The number of hydrogen-bond acceptors (Lipinski definition) is 2. The Morgan fingerprint density at radius 3 is 1.75 bits per heavy atom. The average molecular weight is 314 g/mol. The zero-order valence-electron chi connectivity index (χ0n) is 10.8. The molecule has 0 aliphatic heterocycles.